The summed E-state index contributed by atoms with van der Waals surface area (Å²) in [6.45, 7) is 4.25. The number of hydrogen-bond acceptors (Lipinski definition) is 4. The van der Waals surface area contributed by atoms with E-state index in [1.807, 2.05) is 61.5 Å². The monoisotopic (exact) mass is 454 g/mol. The van der Waals surface area contributed by atoms with Crippen LogP contribution in [0.1, 0.15) is 29.8 Å². The lowest BCUT2D eigenvalue weighted by Gasteiger charge is -2.13. The van der Waals surface area contributed by atoms with E-state index >= 15 is 0 Å². The SMILES string of the molecule is CCOc1ccccc1CNC(=O)c1ccc(Sc2ccc(Cl)cc2)c(NC(C)=O)c1. The van der Waals surface area contributed by atoms with Crippen molar-refractivity contribution in [3.05, 3.63) is 82.9 Å². The molecule has 31 heavy (non-hydrogen) atoms. The van der Waals surface area contributed by atoms with Gasteiger partial charge in [0.25, 0.3) is 5.91 Å². The van der Waals surface area contributed by atoms with E-state index in [1.165, 1.54) is 18.7 Å². The first-order valence-electron chi connectivity index (χ1n) is 9.80. The molecule has 0 aromatic heterocycles. The van der Waals surface area contributed by atoms with Crippen LogP contribution >= 0.6 is 23.4 Å². The third kappa shape index (κ3) is 6.51. The molecule has 3 aromatic rings. The largest absolute Gasteiger partial charge is 0.494 e. The lowest BCUT2D eigenvalue weighted by Crippen LogP contribution is -2.23. The fourth-order valence-electron chi connectivity index (χ4n) is 2.90. The number of benzene rings is 3. The zero-order valence-electron chi connectivity index (χ0n) is 17.3. The molecule has 0 aliphatic heterocycles. The quantitative estimate of drug-likeness (QED) is 0.452. The van der Waals surface area contributed by atoms with Crippen molar-refractivity contribution in [3.63, 3.8) is 0 Å². The van der Waals surface area contributed by atoms with Gasteiger partial charge in [0.1, 0.15) is 5.75 Å². The lowest BCUT2D eigenvalue weighted by molar-refractivity contribution is -0.114. The van der Waals surface area contributed by atoms with E-state index in [9.17, 15) is 9.59 Å². The molecule has 3 rings (SSSR count). The Morgan fingerprint density at radius 3 is 2.48 bits per heavy atom. The molecule has 3 aromatic carbocycles. The summed E-state index contributed by atoms with van der Waals surface area (Å²) in [4.78, 5) is 26.2. The minimum Gasteiger partial charge on any atom is -0.494 e. The number of hydrogen-bond donors (Lipinski definition) is 2. The maximum Gasteiger partial charge on any atom is 0.251 e. The van der Waals surface area contributed by atoms with Crippen LogP contribution in [0.4, 0.5) is 5.69 Å². The van der Waals surface area contributed by atoms with Gasteiger partial charge in [0.05, 0.1) is 12.3 Å². The van der Waals surface area contributed by atoms with Crippen LogP contribution in [0.15, 0.2) is 76.5 Å². The Hall–Kier alpha value is -2.96. The first-order valence-corrected chi connectivity index (χ1v) is 11.0. The van der Waals surface area contributed by atoms with Crippen molar-refractivity contribution in [2.45, 2.75) is 30.2 Å². The van der Waals surface area contributed by atoms with E-state index in [2.05, 4.69) is 10.6 Å². The molecule has 7 heteroatoms. The fourth-order valence-corrected chi connectivity index (χ4v) is 3.91. The Morgan fingerprint density at radius 1 is 1.03 bits per heavy atom. The van der Waals surface area contributed by atoms with Crippen molar-refractivity contribution in [3.8, 4) is 5.75 Å². The second-order valence-electron chi connectivity index (χ2n) is 6.67. The standard InChI is InChI=1S/C24H23ClN2O3S/c1-3-30-22-7-5-4-6-18(22)15-26-24(29)17-8-13-23(21(14-17)27-16(2)28)31-20-11-9-19(25)10-12-20/h4-14H,3,15H2,1-2H3,(H,26,29)(H,27,28). The molecule has 0 saturated heterocycles. The van der Waals surface area contributed by atoms with Gasteiger partial charge in [0, 0.05) is 39.4 Å². The number of nitrogens with one attached hydrogen (secondary N) is 2. The third-order valence-corrected chi connectivity index (χ3v) is 5.64. The van der Waals surface area contributed by atoms with E-state index in [0.717, 1.165) is 21.1 Å². The number of amides is 2. The van der Waals surface area contributed by atoms with Crippen molar-refractivity contribution in [1.82, 2.24) is 5.32 Å². The van der Waals surface area contributed by atoms with E-state index < -0.39 is 0 Å². The van der Waals surface area contributed by atoms with Gasteiger partial charge in [-0.25, -0.2) is 0 Å². The molecule has 0 fully saturated rings. The first-order chi connectivity index (χ1) is 15.0. The number of anilines is 1. The molecule has 0 spiro atoms. The Balaban J connectivity index is 1.77. The molecule has 0 heterocycles. The average molecular weight is 455 g/mol. The predicted molar refractivity (Wildman–Crippen MR) is 125 cm³/mol. The number of carbonyl (C=O) groups is 2. The minimum atomic E-state index is -0.235. The topological polar surface area (TPSA) is 67.4 Å². The molecule has 0 bridgehead atoms. The number of halogens is 1. The highest BCUT2D eigenvalue weighted by molar-refractivity contribution is 7.99. The summed E-state index contributed by atoms with van der Waals surface area (Å²) < 4.78 is 5.61. The fraction of sp³-hybridized carbons (Fsp3) is 0.167. The molecule has 0 saturated carbocycles. The maximum absolute atomic E-state index is 12.7. The minimum absolute atomic E-state index is 0.207. The van der Waals surface area contributed by atoms with Crippen LogP contribution in [0.25, 0.3) is 0 Å². The summed E-state index contributed by atoms with van der Waals surface area (Å²) in [7, 11) is 0. The summed E-state index contributed by atoms with van der Waals surface area (Å²) in [5.41, 5.74) is 1.93. The van der Waals surface area contributed by atoms with E-state index in [-0.39, 0.29) is 11.8 Å². The van der Waals surface area contributed by atoms with Crippen molar-refractivity contribution in [1.29, 1.82) is 0 Å². The molecular formula is C24H23ClN2O3S. The van der Waals surface area contributed by atoms with E-state index in [4.69, 9.17) is 16.3 Å². The van der Waals surface area contributed by atoms with Gasteiger partial charge in [-0.15, -0.1) is 0 Å². The molecular weight excluding hydrogens is 432 g/mol. The third-order valence-electron chi connectivity index (χ3n) is 4.31. The van der Waals surface area contributed by atoms with Crippen molar-refractivity contribution < 1.29 is 14.3 Å². The molecule has 0 aliphatic carbocycles. The van der Waals surface area contributed by atoms with Crippen LogP contribution < -0.4 is 15.4 Å². The molecule has 2 amide bonds. The van der Waals surface area contributed by atoms with Crippen molar-refractivity contribution >= 4 is 40.9 Å². The number of para-hydroxylation sites is 1. The van der Waals surface area contributed by atoms with Crippen LogP contribution in [0.2, 0.25) is 5.02 Å². The zero-order valence-corrected chi connectivity index (χ0v) is 18.8. The summed E-state index contributed by atoms with van der Waals surface area (Å²) in [5, 5.41) is 6.39. The second-order valence-corrected chi connectivity index (χ2v) is 8.22. The Kier molecular flexibility index (Phi) is 7.98. The number of ether oxygens (including phenoxy) is 1. The molecule has 0 radical (unpaired) electrons. The summed E-state index contributed by atoms with van der Waals surface area (Å²) in [6, 6.07) is 20.3. The number of rotatable bonds is 8. The van der Waals surface area contributed by atoms with Crippen LogP contribution in [0.3, 0.4) is 0 Å². The normalized spacial score (nSPS) is 10.4. The van der Waals surface area contributed by atoms with Crippen LogP contribution in [0.5, 0.6) is 5.75 Å². The van der Waals surface area contributed by atoms with Crippen LogP contribution in [-0.4, -0.2) is 18.4 Å². The van der Waals surface area contributed by atoms with Gasteiger partial charge in [-0.2, -0.15) is 0 Å². The Morgan fingerprint density at radius 2 is 1.77 bits per heavy atom. The van der Waals surface area contributed by atoms with Crippen molar-refractivity contribution in [2.24, 2.45) is 0 Å². The molecule has 0 atom stereocenters. The summed E-state index contributed by atoms with van der Waals surface area (Å²) >= 11 is 7.43. The molecule has 5 nitrogen and oxygen atoms in total. The summed E-state index contributed by atoms with van der Waals surface area (Å²) in [5.74, 6) is 0.307. The summed E-state index contributed by atoms with van der Waals surface area (Å²) in [6.07, 6.45) is 0. The van der Waals surface area contributed by atoms with Gasteiger partial charge in [-0.05, 0) is 55.5 Å². The van der Waals surface area contributed by atoms with Gasteiger partial charge in [-0.1, -0.05) is 41.6 Å². The molecule has 2 N–H and O–H groups in total. The Bertz CT molecular complexity index is 1070. The predicted octanol–water partition coefficient (Wildman–Crippen LogP) is 5.78. The highest BCUT2D eigenvalue weighted by Crippen LogP contribution is 2.34. The second kappa shape index (κ2) is 10.9. The van der Waals surface area contributed by atoms with Crippen LogP contribution in [-0.2, 0) is 11.3 Å². The highest BCUT2D eigenvalue weighted by Gasteiger charge is 2.13. The van der Waals surface area contributed by atoms with Gasteiger partial charge < -0.3 is 15.4 Å². The van der Waals surface area contributed by atoms with Gasteiger partial charge in [-0.3, -0.25) is 9.59 Å². The van der Waals surface area contributed by atoms with Crippen LogP contribution in [0, 0.1) is 0 Å². The molecule has 0 aliphatic rings. The van der Waals surface area contributed by atoms with Gasteiger partial charge in [0.2, 0.25) is 5.91 Å². The zero-order chi connectivity index (χ0) is 22.2. The van der Waals surface area contributed by atoms with Gasteiger partial charge in [0.15, 0.2) is 0 Å². The molecule has 160 valence electrons. The maximum atomic E-state index is 12.7. The first kappa shape index (κ1) is 22.7. The van der Waals surface area contributed by atoms with E-state index in [1.54, 1.807) is 12.1 Å². The highest BCUT2D eigenvalue weighted by atomic mass is 35.5. The van der Waals surface area contributed by atoms with Gasteiger partial charge >= 0.3 is 0 Å². The van der Waals surface area contributed by atoms with Crippen molar-refractivity contribution in [2.75, 3.05) is 11.9 Å². The Labute approximate surface area is 191 Å². The molecule has 0 unspecified atom stereocenters. The lowest BCUT2D eigenvalue weighted by atomic mass is 10.1. The smallest absolute Gasteiger partial charge is 0.251 e. The average Bonchev–Trinajstić information content (AvgIpc) is 2.75. The van der Waals surface area contributed by atoms with E-state index in [0.29, 0.717) is 29.4 Å². The number of carbonyl (C=O) groups excluding carboxylic acids is 2.